The topological polar surface area (TPSA) is 32.3 Å². The largest absolute Gasteiger partial charge is 0.349 e. The minimum absolute atomic E-state index is 0.0487. The summed E-state index contributed by atoms with van der Waals surface area (Å²) in [6.45, 7) is 11.4. The molecular weight excluding hydrogens is 412 g/mol. The summed E-state index contributed by atoms with van der Waals surface area (Å²) in [6, 6.07) is 13.0. The van der Waals surface area contributed by atoms with E-state index in [1.54, 1.807) is 0 Å². The first-order valence-electron chi connectivity index (χ1n) is 10.2. The lowest BCUT2D eigenvalue weighted by Gasteiger charge is -2.32. The third-order valence-corrected chi connectivity index (χ3v) is 6.51. The van der Waals surface area contributed by atoms with Crippen LogP contribution in [0, 0.1) is 26.7 Å². The van der Waals surface area contributed by atoms with E-state index in [4.69, 9.17) is 0 Å². The van der Waals surface area contributed by atoms with Gasteiger partial charge in [0.05, 0.1) is 6.04 Å². The Morgan fingerprint density at radius 3 is 2.32 bits per heavy atom. The highest BCUT2D eigenvalue weighted by Gasteiger charge is 2.26. The fraction of sp³-hybridized carbons (Fsp3) is 0.458. The number of hydrogen-bond donors (Lipinski definition) is 1. The van der Waals surface area contributed by atoms with Crippen LogP contribution < -0.4 is 5.32 Å². The second-order valence-electron chi connectivity index (χ2n) is 8.20. The quantitative estimate of drug-likeness (QED) is 0.665. The Bertz CT molecular complexity index is 823. The lowest BCUT2D eigenvalue weighted by atomic mass is 9.93. The van der Waals surface area contributed by atoms with E-state index >= 15 is 0 Å². The van der Waals surface area contributed by atoms with Gasteiger partial charge < -0.3 is 5.32 Å². The van der Waals surface area contributed by atoms with Gasteiger partial charge in [-0.1, -0.05) is 40.2 Å². The average Bonchev–Trinajstić information content (AvgIpc) is 2.67. The molecule has 1 heterocycles. The number of nitrogens with zero attached hydrogens (tertiary/aromatic N) is 1. The number of likely N-dealkylation sites (tertiary alicyclic amines) is 1. The minimum atomic E-state index is 0.0487. The number of rotatable bonds is 5. The second kappa shape index (κ2) is 9.23. The maximum atomic E-state index is 12.8. The molecule has 1 amide bonds. The molecule has 1 fully saturated rings. The highest BCUT2D eigenvalue weighted by Crippen LogP contribution is 2.24. The van der Waals surface area contributed by atoms with Gasteiger partial charge in [0, 0.05) is 16.9 Å². The summed E-state index contributed by atoms with van der Waals surface area (Å²) in [5.41, 5.74) is 6.38. The van der Waals surface area contributed by atoms with Crippen molar-refractivity contribution in [2.75, 3.05) is 13.1 Å². The van der Waals surface area contributed by atoms with Crippen LogP contribution in [0.3, 0.4) is 0 Å². The van der Waals surface area contributed by atoms with Gasteiger partial charge in [0.2, 0.25) is 5.91 Å². The molecule has 1 saturated heterocycles. The molecule has 0 aromatic heterocycles. The molecule has 1 aliphatic heterocycles. The van der Waals surface area contributed by atoms with Gasteiger partial charge in [-0.25, -0.2) is 0 Å². The summed E-state index contributed by atoms with van der Waals surface area (Å²) in [5, 5.41) is 3.26. The predicted molar refractivity (Wildman–Crippen MR) is 119 cm³/mol. The molecule has 150 valence electrons. The number of carbonyl (C=O) groups is 1. The first kappa shape index (κ1) is 21.1. The SMILES string of the molecule is Cc1cc(C)c(C(C)NC(=O)C2CCN(Cc3ccc(Br)cc3)CC2)cc1C. The molecular formula is C24H31BrN2O. The van der Waals surface area contributed by atoms with Gasteiger partial charge in [-0.2, -0.15) is 0 Å². The number of nitrogens with one attached hydrogen (secondary N) is 1. The van der Waals surface area contributed by atoms with Gasteiger partial charge >= 0.3 is 0 Å². The Hall–Kier alpha value is -1.65. The van der Waals surface area contributed by atoms with Crippen LogP contribution >= 0.6 is 15.9 Å². The lowest BCUT2D eigenvalue weighted by molar-refractivity contribution is -0.127. The highest BCUT2D eigenvalue weighted by atomic mass is 79.9. The second-order valence-corrected chi connectivity index (χ2v) is 9.12. The normalized spacial score (nSPS) is 16.8. The number of halogens is 1. The molecule has 0 saturated carbocycles. The number of aryl methyl sites for hydroxylation is 3. The van der Waals surface area contributed by atoms with Crippen LogP contribution in [-0.4, -0.2) is 23.9 Å². The number of carbonyl (C=O) groups excluding carboxylic acids is 1. The van der Waals surface area contributed by atoms with Gasteiger partial charge in [0.1, 0.15) is 0 Å². The molecule has 1 unspecified atom stereocenters. The fourth-order valence-electron chi connectivity index (χ4n) is 4.06. The molecule has 4 heteroatoms. The van der Waals surface area contributed by atoms with Crippen molar-refractivity contribution in [3.05, 3.63) is 68.7 Å². The van der Waals surface area contributed by atoms with Crippen molar-refractivity contribution in [1.82, 2.24) is 10.2 Å². The molecule has 1 aliphatic rings. The Morgan fingerprint density at radius 1 is 1.07 bits per heavy atom. The van der Waals surface area contributed by atoms with Crippen molar-refractivity contribution in [1.29, 1.82) is 0 Å². The monoisotopic (exact) mass is 442 g/mol. The molecule has 1 atom stereocenters. The van der Waals surface area contributed by atoms with Gasteiger partial charge in [0.15, 0.2) is 0 Å². The van der Waals surface area contributed by atoms with E-state index in [2.05, 4.69) is 90.2 Å². The third kappa shape index (κ3) is 5.24. The van der Waals surface area contributed by atoms with Crippen LogP contribution in [0.15, 0.2) is 40.9 Å². The number of hydrogen-bond acceptors (Lipinski definition) is 2. The zero-order valence-corrected chi connectivity index (χ0v) is 19.0. The number of amides is 1. The molecule has 1 N–H and O–H groups in total. The van der Waals surface area contributed by atoms with Crippen molar-refractivity contribution < 1.29 is 4.79 Å². The first-order chi connectivity index (χ1) is 13.3. The number of benzene rings is 2. The van der Waals surface area contributed by atoms with Crippen LogP contribution in [-0.2, 0) is 11.3 Å². The number of piperidine rings is 1. The summed E-state index contributed by atoms with van der Waals surface area (Å²) in [7, 11) is 0. The highest BCUT2D eigenvalue weighted by molar-refractivity contribution is 9.10. The third-order valence-electron chi connectivity index (χ3n) is 5.99. The molecule has 2 aromatic rings. The molecule has 3 rings (SSSR count). The van der Waals surface area contributed by atoms with Crippen LogP contribution in [0.4, 0.5) is 0 Å². The zero-order chi connectivity index (χ0) is 20.3. The maximum Gasteiger partial charge on any atom is 0.223 e. The van der Waals surface area contributed by atoms with E-state index in [1.165, 1.54) is 27.8 Å². The molecule has 3 nitrogen and oxygen atoms in total. The standard InChI is InChI=1S/C24H31BrN2O/c1-16-13-18(3)23(14-17(16)2)19(4)26-24(28)21-9-11-27(12-10-21)15-20-5-7-22(25)8-6-20/h5-8,13-14,19,21H,9-12,15H2,1-4H3,(H,26,28). The van der Waals surface area contributed by atoms with Crippen molar-refractivity contribution in [3.63, 3.8) is 0 Å². The molecule has 0 bridgehead atoms. The summed E-state index contributed by atoms with van der Waals surface area (Å²) < 4.78 is 1.11. The van der Waals surface area contributed by atoms with Crippen LogP contribution in [0.1, 0.15) is 53.6 Å². The van der Waals surface area contributed by atoms with Crippen molar-refractivity contribution in [2.24, 2.45) is 5.92 Å². The van der Waals surface area contributed by atoms with E-state index < -0.39 is 0 Å². The summed E-state index contributed by atoms with van der Waals surface area (Å²) >= 11 is 3.48. The Kier molecular flexibility index (Phi) is 6.95. The molecule has 28 heavy (non-hydrogen) atoms. The molecule has 0 spiro atoms. The summed E-state index contributed by atoms with van der Waals surface area (Å²) in [6.07, 6.45) is 1.86. The molecule has 2 aromatic carbocycles. The Labute approximate surface area is 177 Å². The van der Waals surface area contributed by atoms with Gasteiger partial charge in [-0.3, -0.25) is 9.69 Å². The zero-order valence-electron chi connectivity index (χ0n) is 17.4. The van der Waals surface area contributed by atoms with Crippen molar-refractivity contribution in [3.8, 4) is 0 Å². The van der Waals surface area contributed by atoms with Crippen LogP contribution in [0.2, 0.25) is 0 Å². The Morgan fingerprint density at radius 2 is 1.68 bits per heavy atom. The Balaban J connectivity index is 1.52. The maximum absolute atomic E-state index is 12.8. The van der Waals surface area contributed by atoms with Gasteiger partial charge in [-0.15, -0.1) is 0 Å². The van der Waals surface area contributed by atoms with Gasteiger partial charge in [0.25, 0.3) is 0 Å². The average molecular weight is 443 g/mol. The van der Waals surface area contributed by atoms with E-state index in [0.717, 1.165) is 36.9 Å². The van der Waals surface area contributed by atoms with Crippen molar-refractivity contribution in [2.45, 2.75) is 53.1 Å². The van der Waals surface area contributed by atoms with Crippen LogP contribution in [0.25, 0.3) is 0 Å². The predicted octanol–water partition coefficient (Wildman–Crippen LogP) is 5.46. The smallest absolute Gasteiger partial charge is 0.223 e. The van der Waals surface area contributed by atoms with Gasteiger partial charge in [-0.05, 0) is 93.6 Å². The summed E-state index contributed by atoms with van der Waals surface area (Å²) in [5.74, 6) is 0.323. The van der Waals surface area contributed by atoms with E-state index in [-0.39, 0.29) is 17.9 Å². The molecule has 0 radical (unpaired) electrons. The minimum Gasteiger partial charge on any atom is -0.349 e. The molecule has 0 aliphatic carbocycles. The fourth-order valence-corrected chi connectivity index (χ4v) is 4.32. The van der Waals surface area contributed by atoms with E-state index in [9.17, 15) is 4.79 Å². The van der Waals surface area contributed by atoms with Crippen molar-refractivity contribution >= 4 is 21.8 Å². The summed E-state index contributed by atoms with van der Waals surface area (Å²) in [4.78, 5) is 15.3. The van der Waals surface area contributed by atoms with Crippen LogP contribution in [0.5, 0.6) is 0 Å². The lowest BCUT2D eigenvalue weighted by Crippen LogP contribution is -2.41. The first-order valence-corrected chi connectivity index (χ1v) is 11.0. The van der Waals surface area contributed by atoms with E-state index in [1.807, 2.05) is 0 Å². The van der Waals surface area contributed by atoms with E-state index in [0.29, 0.717) is 0 Å².